The molecule has 2 N–H and O–H groups in total. The van der Waals surface area contributed by atoms with E-state index in [9.17, 15) is 44.5 Å². The number of thioether (sulfide) groups is 1. The maximum absolute atomic E-state index is 12.9. The lowest BCUT2D eigenvalue weighted by atomic mass is 9.81. The summed E-state index contributed by atoms with van der Waals surface area (Å²) in [5.74, 6) is -4.08. The molecule has 3 atom stereocenters. The quantitative estimate of drug-likeness (QED) is 0.269. The first kappa shape index (κ1) is 22.1. The number of carboxylic acids is 1. The number of carbonyl (C=O) groups excluding carboxylic acids is 3. The molecule has 1 aromatic carbocycles. The molecule has 2 fully saturated rings. The van der Waals surface area contributed by atoms with E-state index in [1.807, 2.05) is 0 Å². The van der Waals surface area contributed by atoms with Crippen molar-refractivity contribution in [1.29, 1.82) is 0 Å². The molecule has 13 nitrogen and oxygen atoms in total. The van der Waals surface area contributed by atoms with Crippen molar-refractivity contribution in [3.8, 4) is 0 Å². The van der Waals surface area contributed by atoms with E-state index in [2.05, 4.69) is 5.32 Å². The SMILES string of the molecule is CC(=O)[C@]1(NC(=O)c2cc([N+](=O)[O-])cc([N+](=O)[O-])c2)C(=O)N2[C@@H](C(=O)O)C(C)(C)S[C@@H]21. The van der Waals surface area contributed by atoms with Crippen molar-refractivity contribution >= 4 is 46.7 Å². The molecule has 2 saturated heterocycles. The lowest BCUT2D eigenvalue weighted by molar-refractivity contribution is -0.394. The van der Waals surface area contributed by atoms with Crippen molar-refractivity contribution in [3.63, 3.8) is 0 Å². The Balaban J connectivity index is 2.01. The number of β-lactam (4-membered cyclic amide) rings is 1. The van der Waals surface area contributed by atoms with Crippen molar-refractivity contribution in [2.45, 2.75) is 42.5 Å². The molecule has 31 heavy (non-hydrogen) atoms. The largest absolute Gasteiger partial charge is 0.480 e. The minimum atomic E-state index is -2.09. The van der Waals surface area contributed by atoms with Crippen molar-refractivity contribution < 1.29 is 34.1 Å². The number of hydrogen-bond donors (Lipinski definition) is 2. The molecule has 0 aromatic heterocycles. The van der Waals surface area contributed by atoms with Crippen molar-refractivity contribution in [1.82, 2.24) is 10.2 Å². The van der Waals surface area contributed by atoms with Crippen LogP contribution in [0.2, 0.25) is 0 Å². The number of hydrogen-bond acceptors (Lipinski definition) is 9. The van der Waals surface area contributed by atoms with Crippen molar-refractivity contribution in [3.05, 3.63) is 44.0 Å². The number of amides is 2. The Morgan fingerprint density at radius 3 is 2.06 bits per heavy atom. The van der Waals surface area contributed by atoms with Crippen LogP contribution < -0.4 is 5.32 Å². The second-order valence-electron chi connectivity index (χ2n) is 7.60. The van der Waals surface area contributed by atoms with Gasteiger partial charge in [-0.2, -0.15) is 0 Å². The van der Waals surface area contributed by atoms with E-state index in [1.165, 1.54) is 0 Å². The second kappa shape index (κ2) is 7.01. The highest BCUT2D eigenvalue weighted by molar-refractivity contribution is 8.01. The number of carbonyl (C=O) groups is 4. The zero-order valence-corrected chi connectivity index (χ0v) is 17.2. The van der Waals surface area contributed by atoms with Gasteiger partial charge in [0, 0.05) is 16.9 Å². The van der Waals surface area contributed by atoms with Crippen LogP contribution in [0.5, 0.6) is 0 Å². The summed E-state index contributed by atoms with van der Waals surface area (Å²) < 4.78 is -0.974. The molecule has 0 bridgehead atoms. The number of rotatable bonds is 6. The number of ketones is 1. The van der Waals surface area contributed by atoms with Crippen LogP contribution in [0, 0.1) is 20.2 Å². The minimum Gasteiger partial charge on any atom is -0.480 e. The number of fused-ring (bicyclic) bond motifs is 1. The van der Waals surface area contributed by atoms with Crippen LogP contribution in [0.1, 0.15) is 31.1 Å². The Morgan fingerprint density at radius 1 is 1.13 bits per heavy atom. The van der Waals surface area contributed by atoms with Gasteiger partial charge in [0.25, 0.3) is 23.2 Å². The van der Waals surface area contributed by atoms with Gasteiger partial charge in [-0.25, -0.2) is 4.79 Å². The maximum atomic E-state index is 12.9. The van der Waals surface area contributed by atoms with Gasteiger partial charge in [-0.1, -0.05) is 0 Å². The average molecular weight is 452 g/mol. The van der Waals surface area contributed by atoms with Gasteiger partial charge in [-0.15, -0.1) is 11.8 Å². The van der Waals surface area contributed by atoms with Gasteiger partial charge in [0.15, 0.2) is 5.78 Å². The van der Waals surface area contributed by atoms with E-state index in [1.54, 1.807) is 13.8 Å². The molecule has 0 spiro atoms. The number of aliphatic carboxylic acids is 1. The van der Waals surface area contributed by atoms with Crippen LogP contribution in [0.4, 0.5) is 11.4 Å². The van der Waals surface area contributed by atoms with E-state index in [0.717, 1.165) is 35.7 Å². The van der Waals surface area contributed by atoms with Crippen LogP contribution in [0.3, 0.4) is 0 Å². The molecule has 1 aromatic rings. The Bertz CT molecular complexity index is 1040. The van der Waals surface area contributed by atoms with Crippen LogP contribution in [0.25, 0.3) is 0 Å². The number of Topliss-reactive ketones (excluding diaryl/α,β-unsaturated/α-hetero) is 1. The van der Waals surface area contributed by atoms with E-state index >= 15 is 0 Å². The summed E-state index contributed by atoms with van der Waals surface area (Å²) in [6.45, 7) is 4.21. The molecular weight excluding hydrogens is 436 g/mol. The Labute approximate surface area is 178 Å². The monoisotopic (exact) mass is 452 g/mol. The summed E-state index contributed by atoms with van der Waals surface area (Å²) in [6.07, 6.45) is 0. The van der Waals surface area contributed by atoms with E-state index in [4.69, 9.17) is 0 Å². The summed E-state index contributed by atoms with van der Waals surface area (Å²) in [5, 5.41) is 32.9. The summed E-state index contributed by atoms with van der Waals surface area (Å²) in [7, 11) is 0. The second-order valence-corrected chi connectivity index (χ2v) is 9.33. The lowest BCUT2D eigenvalue weighted by Gasteiger charge is -2.51. The van der Waals surface area contributed by atoms with Crippen LogP contribution >= 0.6 is 11.8 Å². The van der Waals surface area contributed by atoms with Gasteiger partial charge < -0.3 is 15.3 Å². The van der Waals surface area contributed by atoms with E-state index in [0.29, 0.717) is 6.07 Å². The normalized spacial score (nSPS) is 25.9. The number of carboxylic acid groups (broad SMARTS) is 1. The van der Waals surface area contributed by atoms with Gasteiger partial charge in [0.2, 0.25) is 5.54 Å². The van der Waals surface area contributed by atoms with Crippen LogP contribution in [-0.2, 0) is 14.4 Å². The fourth-order valence-corrected chi connectivity index (χ4v) is 5.53. The predicted octanol–water partition coefficient (Wildman–Crippen LogP) is 0.707. The minimum absolute atomic E-state index is 0.496. The molecule has 2 aliphatic heterocycles. The Morgan fingerprint density at radius 2 is 1.65 bits per heavy atom. The molecular formula is C17H16N4O9S. The van der Waals surface area contributed by atoms with Gasteiger partial charge in [0.1, 0.15) is 11.4 Å². The maximum Gasteiger partial charge on any atom is 0.327 e. The number of nitrogens with one attached hydrogen (secondary N) is 1. The van der Waals surface area contributed by atoms with Crippen molar-refractivity contribution in [2.24, 2.45) is 0 Å². The molecule has 0 radical (unpaired) electrons. The Kier molecular flexibility index (Phi) is 5.00. The number of benzene rings is 1. The van der Waals surface area contributed by atoms with Gasteiger partial charge >= 0.3 is 5.97 Å². The molecule has 2 aliphatic rings. The Hall–Kier alpha value is -3.55. The molecule has 0 saturated carbocycles. The summed E-state index contributed by atoms with van der Waals surface area (Å²) >= 11 is 1.02. The van der Waals surface area contributed by atoms with Gasteiger partial charge in [-0.05, 0) is 20.8 Å². The van der Waals surface area contributed by atoms with E-state index in [-0.39, 0.29) is 0 Å². The predicted molar refractivity (Wildman–Crippen MR) is 104 cm³/mol. The third-order valence-corrected chi connectivity index (χ3v) is 6.87. The summed E-state index contributed by atoms with van der Waals surface area (Å²) in [6, 6.07) is 0.991. The highest BCUT2D eigenvalue weighted by Crippen LogP contribution is 2.55. The molecule has 2 amide bonds. The van der Waals surface area contributed by atoms with Crippen LogP contribution in [-0.4, -0.2) is 65.1 Å². The fourth-order valence-electron chi connectivity index (χ4n) is 3.78. The zero-order chi connectivity index (χ0) is 23.5. The van der Waals surface area contributed by atoms with Crippen LogP contribution in [0.15, 0.2) is 18.2 Å². The van der Waals surface area contributed by atoms with Gasteiger partial charge in [-0.3, -0.25) is 34.6 Å². The smallest absolute Gasteiger partial charge is 0.327 e. The third kappa shape index (κ3) is 3.19. The third-order valence-electron chi connectivity index (χ3n) is 5.23. The first-order chi connectivity index (χ1) is 14.2. The standard InChI is InChI=1S/C17H16N4O9S/c1-7(22)17(14(26)19-11(13(24)25)16(2,3)31-15(17)19)18-12(23)8-4-9(20(27)28)6-10(5-8)21(29)30/h4-6,11,15H,1-3H3,(H,18,23)(H,24,25)/t11-,15+,17-/m0/s1. The molecule has 2 heterocycles. The summed E-state index contributed by atoms with van der Waals surface area (Å²) in [5.41, 5.74) is -4.03. The molecule has 14 heteroatoms. The number of nitro groups is 2. The topological polar surface area (TPSA) is 190 Å². The first-order valence-electron chi connectivity index (χ1n) is 8.75. The highest BCUT2D eigenvalue weighted by atomic mass is 32.2. The molecule has 164 valence electrons. The van der Waals surface area contributed by atoms with Crippen molar-refractivity contribution in [2.75, 3.05) is 0 Å². The first-order valence-corrected chi connectivity index (χ1v) is 9.63. The fraction of sp³-hybridized carbons (Fsp3) is 0.412. The highest BCUT2D eigenvalue weighted by Gasteiger charge is 2.74. The van der Waals surface area contributed by atoms with E-state index < -0.39 is 72.1 Å². The molecule has 3 rings (SSSR count). The lowest BCUT2D eigenvalue weighted by Crippen LogP contribution is -2.82. The van der Waals surface area contributed by atoms with Gasteiger partial charge in [0.05, 0.1) is 21.5 Å². The number of non-ortho nitro benzene ring substituents is 2. The summed E-state index contributed by atoms with van der Waals surface area (Å²) in [4.78, 5) is 71.2. The molecule has 0 aliphatic carbocycles. The number of nitrogens with zero attached hydrogens (tertiary/aromatic N) is 3. The zero-order valence-electron chi connectivity index (χ0n) is 16.3. The molecule has 0 unspecified atom stereocenters. The number of nitro benzene ring substituents is 2. The average Bonchev–Trinajstić information content (AvgIpc) is 2.93.